The molecule has 1 N–H and O–H groups in total. The first kappa shape index (κ1) is 13.7. The average Bonchev–Trinajstić information content (AvgIpc) is 2.60. The van der Waals surface area contributed by atoms with Crippen LogP contribution in [-0.4, -0.2) is 47.4 Å². The minimum absolute atomic E-state index is 0.124. The van der Waals surface area contributed by atoms with E-state index < -0.39 is 16.0 Å². The van der Waals surface area contributed by atoms with Crippen LogP contribution in [0.1, 0.15) is 12.7 Å². The van der Waals surface area contributed by atoms with Gasteiger partial charge in [-0.3, -0.25) is 4.79 Å². The van der Waals surface area contributed by atoms with Gasteiger partial charge < -0.3 is 9.67 Å². The molecule has 1 heterocycles. The van der Waals surface area contributed by atoms with Gasteiger partial charge in [0, 0.05) is 26.7 Å². The Morgan fingerprint density at radius 3 is 2.53 bits per heavy atom. The van der Waals surface area contributed by atoms with Crippen LogP contribution in [0.4, 0.5) is 0 Å². The van der Waals surface area contributed by atoms with Gasteiger partial charge in [-0.15, -0.1) is 0 Å². The second-order valence-corrected chi connectivity index (χ2v) is 5.76. The maximum Gasteiger partial charge on any atom is 0.323 e. The number of carboxylic acids is 1. The van der Waals surface area contributed by atoms with E-state index in [-0.39, 0.29) is 11.6 Å². The zero-order chi connectivity index (χ0) is 13.2. The summed E-state index contributed by atoms with van der Waals surface area (Å²) < 4.78 is 26.0. The number of hydrogen-bond acceptors (Lipinski definition) is 4. The molecule has 0 fully saturated rings. The van der Waals surface area contributed by atoms with E-state index in [1.807, 2.05) is 0 Å². The first-order chi connectivity index (χ1) is 7.78. The monoisotopic (exact) mass is 261 g/mol. The fourth-order valence-corrected chi connectivity index (χ4v) is 2.16. The zero-order valence-electron chi connectivity index (χ0n) is 9.91. The number of rotatable bonds is 5. The van der Waals surface area contributed by atoms with E-state index in [1.54, 1.807) is 6.92 Å². The van der Waals surface area contributed by atoms with E-state index >= 15 is 0 Å². The van der Waals surface area contributed by atoms with E-state index in [1.165, 1.54) is 24.9 Å². The number of imidazole rings is 1. The summed E-state index contributed by atoms with van der Waals surface area (Å²) in [6.45, 7) is 1.49. The Kier molecular flexibility index (Phi) is 3.89. The van der Waals surface area contributed by atoms with Crippen LogP contribution in [-0.2, 0) is 27.8 Å². The summed E-state index contributed by atoms with van der Waals surface area (Å²) in [5, 5.41) is 8.58. The molecule has 17 heavy (non-hydrogen) atoms. The molecule has 0 amide bonds. The fourth-order valence-electron chi connectivity index (χ4n) is 1.30. The lowest BCUT2D eigenvalue weighted by Crippen LogP contribution is -2.22. The lowest BCUT2D eigenvalue weighted by Gasteiger charge is -2.07. The van der Waals surface area contributed by atoms with E-state index in [0.717, 1.165) is 4.31 Å². The summed E-state index contributed by atoms with van der Waals surface area (Å²) in [5.74, 6) is -0.598. The maximum atomic E-state index is 11.8. The summed E-state index contributed by atoms with van der Waals surface area (Å²) in [6, 6.07) is 0. The van der Waals surface area contributed by atoms with Gasteiger partial charge >= 0.3 is 5.97 Å². The summed E-state index contributed by atoms with van der Waals surface area (Å²) in [7, 11) is -0.816. The topological polar surface area (TPSA) is 92.5 Å². The third kappa shape index (κ3) is 2.83. The molecule has 96 valence electrons. The van der Waals surface area contributed by atoms with Crippen LogP contribution in [0.15, 0.2) is 11.2 Å². The van der Waals surface area contributed by atoms with Crippen molar-refractivity contribution in [3.05, 3.63) is 12.0 Å². The molecule has 0 saturated carbocycles. The molecule has 0 aliphatic carbocycles. The molecule has 0 atom stereocenters. The van der Waals surface area contributed by atoms with E-state index in [9.17, 15) is 13.2 Å². The SMILES string of the molecule is CCc1nc(S(=O)(=O)N(C)C)cn1CC(=O)O. The Morgan fingerprint density at radius 2 is 2.12 bits per heavy atom. The van der Waals surface area contributed by atoms with Gasteiger partial charge in [0.05, 0.1) is 0 Å². The summed E-state index contributed by atoms with van der Waals surface area (Å²) in [6.07, 6.45) is 1.72. The average molecular weight is 261 g/mol. The van der Waals surface area contributed by atoms with Crippen molar-refractivity contribution in [1.82, 2.24) is 13.9 Å². The maximum absolute atomic E-state index is 11.8. The zero-order valence-corrected chi connectivity index (χ0v) is 10.7. The Morgan fingerprint density at radius 1 is 1.53 bits per heavy atom. The quantitative estimate of drug-likeness (QED) is 0.791. The molecule has 8 heteroatoms. The second kappa shape index (κ2) is 4.84. The number of nitrogens with zero attached hydrogens (tertiary/aromatic N) is 3. The number of hydrogen-bond donors (Lipinski definition) is 1. The van der Waals surface area contributed by atoms with Crippen molar-refractivity contribution >= 4 is 16.0 Å². The van der Waals surface area contributed by atoms with Gasteiger partial charge in [0.1, 0.15) is 12.4 Å². The Bertz CT molecular complexity index is 518. The van der Waals surface area contributed by atoms with Gasteiger partial charge in [-0.05, 0) is 0 Å². The van der Waals surface area contributed by atoms with E-state index in [2.05, 4.69) is 4.98 Å². The molecule has 0 radical (unpaired) electrons. The molecule has 7 nitrogen and oxygen atoms in total. The third-order valence-electron chi connectivity index (χ3n) is 2.20. The first-order valence-corrected chi connectivity index (χ1v) is 6.43. The van der Waals surface area contributed by atoms with E-state index in [4.69, 9.17) is 5.11 Å². The molecule has 0 unspecified atom stereocenters. The van der Waals surface area contributed by atoms with Crippen molar-refractivity contribution in [1.29, 1.82) is 0 Å². The van der Waals surface area contributed by atoms with Gasteiger partial charge in [-0.1, -0.05) is 6.92 Å². The smallest absolute Gasteiger partial charge is 0.323 e. The molecule has 0 aromatic carbocycles. The lowest BCUT2D eigenvalue weighted by atomic mass is 10.4. The fraction of sp³-hybridized carbons (Fsp3) is 0.556. The third-order valence-corrected chi connectivity index (χ3v) is 3.89. The predicted octanol–water partition coefficient (Wildman–Crippen LogP) is -0.220. The predicted molar refractivity (Wildman–Crippen MR) is 60.1 cm³/mol. The van der Waals surface area contributed by atoms with E-state index in [0.29, 0.717) is 12.2 Å². The highest BCUT2D eigenvalue weighted by Gasteiger charge is 2.22. The van der Waals surface area contributed by atoms with Crippen molar-refractivity contribution in [2.75, 3.05) is 14.1 Å². The highest BCUT2D eigenvalue weighted by atomic mass is 32.2. The van der Waals surface area contributed by atoms with Crippen LogP contribution < -0.4 is 0 Å². The first-order valence-electron chi connectivity index (χ1n) is 4.99. The highest BCUT2D eigenvalue weighted by Crippen LogP contribution is 2.13. The van der Waals surface area contributed by atoms with Crippen molar-refractivity contribution in [2.24, 2.45) is 0 Å². The number of carbonyl (C=O) groups is 1. The Balaban J connectivity index is 3.22. The van der Waals surface area contributed by atoms with Crippen molar-refractivity contribution in [2.45, 2.75) is 24.9 Å². The standard InChI is InChI=1S/C9H15N3O4S/c1-4-7-10-8(17(15,16)11(2)3)5-12(7)6-9(13)14/h5H,4,6H2,1-3H3,(H,13,14). The number of aryl methyl sites for hydroxylation is 1. The molecule has 0 saturated heterocycles. The number of aliphatic carboxylic acids is 1. The molecule has 0 spiro atoms. The van der Waals surface area contributed by atoms with Crippen molar-refractivity contribution < 1.29 is 18.3 Å². The van der Waals surface area contributed by atoms with Crippen LogP contribution in [0, 0.1) is 0 Å². The van der Waals surface area contributed by atoms with Crippen LogP contribution >= 0.6 is 0 Å². The number of aromatic nitrogens is 2. The number of sulfonamides is 1. The Labute approximate surface area is 99.7 Å². The van der Waals surface area contributed by atoms with Gasteiger partial charge in [0.25, 0.3) is 10.0 Å². The van der Waals surface area contributed by atoms with Crippen LogP contribution in [0.3, 0.4) is 0 Å². The second-order valence-electron chi connectivity index (χ2n) is 3.66. The molecular weight excluding hydrogens is 246 g/mol. The number of carboxylic acid groups (broad SMARTS) is 1. The van der Waals surface area contributed by atoms with Gasteiger partial charge in [-0.2, -0.15) is 0 Å². The molecule has 1 aromatic heterocycles. The van der Waals surface area contributed by atoms with Crippen LogP contribution in [0.5, 0.6) is 0 Å². The molecule has 0 aliphatic heterocycles. The van der Waals surface area contributed by atoms with Crippen molar-refractivity contribution in [3.63, 3.8) is 0 Å². The molecular formula is C9H15N3O4S. The molecule has 0 bridgehead atoms. The Hall–Kier alpha value is -1.41. The minimum atomic E-state index is -3.62. The van der Waals surface area contributed by atoms with Crippen LogP contribution in [0.2, 0.25) is 0 Å². The normalized spacial score (nSPS) is 12.0. The van der Waals surface area contributed by atoms with Gasteiger partial charge in [0.2, 0.25) is 0 Å². The molecule has 1 aromatic rings. The highest BCUT2D eigenvalue weighted by molar-refractivity contribution is 7.89. The van der Waals surface area contributed by atoms with Crippen molar-refractivity contribution in [3.8, 4) is 0 Å². The summed E-state index contributed by atoms with van der Waals surface area (Å²) >= 11 is 0. The summed E-state index contributed by atoms with van der Waals surface area (Å²) in [4.78, 5) is 14.6. The van der Waals surface area contributed by atoms with Gasteiger partial charge in [-0.25, -0.2) is 17.7 Å². The minimum Gasteiger partial charge on any atom is -0.480 e. The lowest BCUT2D eigenvalue weighted by molar-refractivity contribution is -0.137. The van der Waals surface area contributed by atoms with Gasteiger partial charge in [0.15, 0.2) is 5.03 Å². The van der Waals surface area contributed by atoms with Crippen LogP contribution in [0.25, 0.3) is 0 Å². The molecule has 0 aliphatic rings. The summed E-state index contributed by atoms with van der Waals surface area (Å²) in [5.41, 5.74) is 0. The largest absolute Gasteiger partial charge is 0.480 e. The molecule has 1 rings (SSSR count).